The number of phenols is 1. The quantitative estimate of drug-likeness (QED) is 0.276. The lowest BCUT2D eigenvalue weighted by Gasteiger charge is -2.33. The van der Waals surface area contributed by atoms with Gasteiger partial charge in [-0.1, -0.05) is 20.7 Å². The van der Waals surface area contributed by atoms with Crippen LogP contribution >= 0.6 is 8.58 Å². The Labute approximate surface area is 225 Å². The predicted molar refractivity (Wildman–Crippen MR) is 147 cm³/mol. The topological polar surface area (TPSA) is 94.8 Å². The molecule has 0 aliphatic carbocycles. The number of phenolic OH excluding ortho intramolecular Hbond substituents is 1. The van der Waals surface area contributed by atoms with Crippen LogP contribution in [0.5, 0.6) is 5.75 Å². The molecule has 1 aliphatic rings. The second kappa shape index (κ2) is 11.1. The number of anilines is 2. The average Bonchev–Trinajstić information content (AvgIpc) is 3.35. The number of urea groups is 1. The van der Waals surface area contributed by atoms with Gasteiger partial charge in [0.15, 0.2) is 5.65 Å². The van der Waals surface area contributed by atoms with Crippen LogP contribution in [0.4, 0.5) is 29.5 Å². The summed E-state index contributed by atoms with van der Waals surface area (Å²) in [5, 5.41) is 22.1. The number of hydrogen-bond donors (Lipinski definition) is 3. The van der Waals surface area contributed by atoms with Crippen molar-refractivity contribution in [2.24, 2.45) is 5.92 Å². The number of carbonyl (C=O) groups excluding carboxylic acids is 1. The van der Waals surface area contributed by atoms with E-state index in [-0.39, 0.29) is 17.7 Å². The number of likely N-dealkylation sites (tertiary alicyclic amines) is 1. The Morgan fingerprint density at radius 3 is 2.67 bits per heavy atom. The molecule has 1 fully saturated rings. The fourth-order valence-corrected chi connectivity index (χ4v) is 5.28. The number of alkyl halides is 3. The van der Waals surface area contributed by atoms with Gasteiger partial charge in [-0.2, -0.15) is 22.8 Å². The molecule has 2 amide bonds. The van der Waals surface area contributed by atoms with Crippen LogP contribution < -0.4 is 15.9 Å². The molecule has 2 unspecified atom stereocenters. The van der Waals surface area contributed by atoms with Crippen LogP contribution in [0.15, 0.2) is 60.8 Å². The molecular weight excluding hydrogens is 528 g/mol. The van der Waals surface area contributed by atoms with Crippen LogP contribution in [0.3, 0.4) is 0 Å². The lowest BCUT2D eigenvalue weighted by Crippen LogP contribution is -2.44. The Hall–Kier alpha value is -3.85. The SMILES string of the molecule is CPc1cnn2c(NCC3CCCN(C(=O)Nc4ccc(C(F)(F)F)cc4)C3)cc(-c3ccccc3O)nc12. The van der Waals surface area contributed by atoms with Gasteiger partial charge in [-0.3, -0.25) is 0 Å². The van der Waals surface area contributed by atoms with Gasteiger partial charge in [-0.05, 0) is 61.8 Å². The number of aromatic hydroxyl groups is 1. The number of piperidine rings is 1. The Balaban J connectivity index is 1.28. The van der Waals surface area contributed by atoms with Crippen molar-refractivity contribution < 1.29 is 23.1 Å². The van der Waals surface area contributed by atoms with Crippen molar-refractivity contribution in [1.82, 2.24) is 19.5 Å². The van der Waals surface area contributed by atoms with E-state index in [1.54, 1.807) is 27.7 Å². The maximum absolute atomic E-state index is 12.8. The minimum atomic E-state index is -4.42. The van der Waals surface area contributed by atoms with E-state index >= 15 is 0 Å². The van der Waals surface area contributed by atoms with E-state index in [9.17, 15) is 23.1 Å². The molecule has 0 radical (unpaired) electrons. The molecule has 204 valence electrons. The number of nitrogens with zero attached hydrogens (tertiary/aromatic N) is 4. The van der Waals surface area contributed by atoms with Crippen LogP contribution in [0.2, 0.25) is 0 Å². The van der Waals surface area contributed by atoms with Gasteiger partial charge in [-0.25, -0.2) is 9.78 Å². The van der Waals surface area contributed by atoms with E-state index in [1.165, 1.54) is 12.1 Å². The third-order valence-electron chi connectivity index (χ3n) is 6.76. The molecule has 39 heavy (non-hydrogen) atoms. The van der Waals surface area contributed by atoms with Crippen molar-refractivity contribution in [3.8, 4) is 17.0 Å². The number of carbonyl (C=O) groups is 1. The van der Waals surface area contributed by atoms with Gasteiger partial charge < -0.3 is 20.6 Å². The number of aromatic nitrogens is 3. The third kappa shape index (κ3) is 5.93. The van der Waals surface area contributed by atoms with Crippen molar-refractivity contribution >= 4 is 37.1 Å². The summed E-state index contributed by atoms with van der Waals surface area (Å²) in [4.78, 5) is 19.3. The summed E-state index contributed by atoms with van der Waals surface area (Å²) < 4.78 is 40.2. The zero-order chi connectivity index (χ0) is 27.6. The van der Waals surface area contributed by atoms with Gasteiger partial charge in [-0.15, -0.1) is 0 Å². The number of nitrogens with one attached hydrogen (secondary N) is 2. The zero-order valence-corrected chi connectivity index (χ0v) is 22.2. The first kappa shape index (κ1) is 26.7. The first-order chi connectivity index (χ1) is 18.7. The summed E-state index contributed by atoms with van der Waals surface area (Å²) >= 11 is 0. The van der Waals surface area contributed by atoms with Crippen LogP contribution in [0, 0.1) is 5.92 Å². The first-order valence-electron chi connectivity index (χ1n) is 12.5. The Bertz CT molecular complexity index is 1470. The highest BCUT2D eigenvalue weighted by Crippen LogP contribution is 2.31. The van der Waals surface area contributed by atoms with Gasteiger partial charge in [0.1, 0.15) is 11.6 Å². The van der Waals surface area contributed by atoms with Crippen LogP contribution in [0.1, 0.15) is 18.4 Å². The summed E-state index contributed by atoms with van der Waals surface area (Å²) in [7, 11) is 0.497. The highest BCUT2D eigenvalue weighted by molar-refractivity contribution is 7.46. The van der Waals surface area contributed by atoms with Crippen LogP contribution in [-0.2, 0) is 6.18 Å². The van der Waals surface area contributed by atoms with E-state index in [0.717, 1.165) is 41.7 Å². The molecule has 2 atom stereocenters. The van der Waals surface area contributed by atoms with Crippen molar-refractivity contribution in [2.45, 2.75) is 19.0 Å². The smallest absolute Gasteiger partial charge is 0.416 e. The number of amides is 2. The van der Waals surface area contributed by atoms with E-state index in [4.69, 9.17) is 4.98 Å². The van der Waals surface area contributed by atoms with Gasteiger partial charge in [0.2, 0.25) is 0 Å². The maximum Gasteiger partial charge on any atom is 0.416 e. The second-order valence-corrected chi connectivity index (χ2v) is 10.5. The number of hydrogen-bond acceptors (Lipinski definition) is 5. The maximum atomic E-state index is 12.8. The van der Waals surface area contributed by atoms with Crippen molar-refractivity contribution in [1.29, 1.82) is 0 Å². The van der Waals surface area contributed by atoms with Gasteiger partial charge >= 0.3 is 12.2 Å². The summed E-state index contributed by atoms with van der Waals surface area (Å²) in [5.41, 5.74) is 1.53. The molecule has 4 aromatic rings. The molecule has 0 spiro atoms. The number of rotatable bonds is 6. The molecule has 1 aliphatic heterocycles. The first-order valence-corrected chi connectivity index (χ1v) is 14.0. The molecule has 12 heteroatoms. The molecule has 8 nitrogen and oxygen atoms in total. The lowest BCUT2D eigenvalue weighted by atomic mass is 9.98. The standard InChI is InChI=1S/C27H28F3N6O2P/c1-39-23-15-32-36-24(13-21(34-25(23)36)20-6-2-3-7-22(20)37)31-14-17-5-4-12-35(16-17)26(38)33-19-10-8-18(9-11-19)27(28,29)30/h2-3,6-11,13,15,17,31,37,39H,4-5,12,14,16H2,1H3,(H,33,38). The number of halogens is 3. The summed E-state index contributed by atoms with van der Waals surface area (Å²) in [5.74, 6) is 1.02. The molecule has 0 bridgehead atoms. The molecule has 2 aromatic heterocycles. The molecule has 3 heterocycles. The Kier molecular flexibility index (Phi) is 7.61. The minimum absolute atomic E-state index is 0.141. The zero-order valence-electron chi connectivity index (χ0n) is 21.2. The average molecular weight is 557 g/mol. The molecule has 5 rings (SSSR count). The van der Waals surface area contributed by atoms with Crippen molar-refractivity contribution in [3.05, 3.63) is 66.4 Å². The number of benzene rings is 2. The summed E-state index contributed by atoms with van der Waals surface area (Å²) in [6.07, 6.45) is -0.899. The highest BCUT2D eigenvalue weighted by atomic mass is 31.1. The van der Waals surface area contributed by atoms with Crippen molar-refractivity contribution in [2.75, 3.05) is 36.9 Å². The van der Waals surface area contributed by atoms with Gasteiger partial charge in [0, 0.05) is 42.3 Å². The molecule has 1 saturated heterocycles. The van der Waals surface area contributed by atoms with E-state index in [2.05, 4.69) is 22.4 Å². The predicted octanol–water partition coefficient (Wildman–Crippen LogP) is 5.41. The normalized spacial score (nSPS) is 16.2. The Morgan fingerprint density at radius 2 is 1.95 bits per heavy atom. The number of fused-ring (bicyclic) bond motifs is 1. The van der Waals surface area contributed by atoms with Crippen molar-refractivity contribution in [3.63, 3.8) is 0 Å². The van der Waals surface area contributed by atoms with Crippen LogP contribution in [0.25, 0.3) is 16.9 Å². The summed E-state index contributed by atoms with van der Waals surface area (Å²) in [6, 6.07) is 13.0. The minimum Gasteiger partial charge on any atom is -0.507 e. The molecular formula is C27H28F3N6O2P. The van der Waals surface area contributed by atoms with E-state index in [1.807, 2.05) is 18.2 Å². The van der Waals surface area contributed by atoms with E-state index < -0.39 is 11.7 Å². The molecule has 0 saturated carbocycles. The highest BCUT2D eigenvalue weighted by Gasteiger charge is 2.30. The molecule has 2 aromatic carbocycles. The second-order valence-electron chi connectivity index (χ2n) is 9.43. The van der Waals surface area contributed by atoms with E-state index in [0.29, 0.717) is 45.2 Å². The fraction of sp³-hybridized carbons (Fsp3) is 0.296. The number of para-hydroxylation sites is 1. The van der Waals surface area contributed by atoms with Crippen LogP contribution in [-0.4, -0.2) is 56.9 Å². The lowest BCUT2D eigenvalue weighted by molar-refractivity contribution is -0.137. The van der Waals surface area contributed by atoms with Gasteiger partial charge in [0.05, 0.1) is 17.5 Å². The van der Waals surface area contributed by atoms with Gasteiger partial charge in [0.25, 0.3) is 0 Å². The third-order valence-corrected chi connectivity index (χ3v) is 7.65. The molecule has 3 N–H and O–H groups in total. The Morgan fingerprint density at radius 1 is 1.18 bits per heavy atom. The summed E-state index contributed by atoms with van der Waals surface area (Å²) in [6.45, 7) is 3.71. The fourth-order valence-electron chi connectivity index (χ4n) is 4.70. The monoisotopic (exact) mass is 556 g/mol. The largest absolute Gasteiger partial charge is 0.507 e.